The molecule has 1 atom stereocenters. The van der Waals surface area contributed by atoms with Gasteiger partial charge in [-0.05, 0) is 30.7 Å². The van der Waals surface area contributed by atoms with Crippen molar-refractivity contribution in [2.24, 2.45) is 0 Å². The Morgan fingerprint density at radius 2 is 2.00 bits per heavy atom. The maximum Gasteiger partial charge on any atom is 0.253 e. The van der Waals surface area contributed by atoms with E-state index in [2.05, 4.69) is 4.98 Å². The van der Waals surface area contributed by atoms with Crippen LogP contribution in [0.5, 0.6) is 0 Å². The minimum absolute atomic E-state index is 0.0786. The standard InChI is InChI=1S/C16H15FN2O2/c17-13-5-6-15(18-9-13)11-1-3-12(4-2-11)16(21)19-8-7-14(20)10-19/h1-6,9,14,20H,7-8,10H2/t14-/m1/s1. The van der Waals surface area contributed by atoms with E-state index in [1.54, 1.807) is 35.2 Å². The van der Waals surface area contributed by atoms with E-state index < -0.39 is 6.10 Å². The molecule has 0 spiro atoms. The van der Waals surface area contributed by atoms with E-state index in [-0.39, 0.29) is 11.7 Å². The fourth-order valence-electron chi connectivity index (χ4n) is 2.44. The van der Waals surface area contributed by atoms with Crippen LogP contribution in [0.25, 0.3) is 11.3 Å². The number of amides is 1. The van der Waals surface area contributed by atoms with Crippen molar-refractivity contribution < 1.29 is 14.3 Å². The molecular formula is C16H15FN2O2. The van der Waals surface area contributed by atoms with Gasteiger partial charge in [0, 0.05) is 24.2 Å². The van der Waals surface area contributed by atoms with E-state index in [0.29, 0.717) is 30.8 Å². The molecule has 1 aromatic carbocycles. The van der Waals surface area contributed by atoms with Crippen LogP contribution in [0.2, 0.25) is 0 Å². The summed E-state index contributed by atoms with van der Waals surface area (Å²) in [6, 6.07) is 10.00. The Kier molecular flexibility index (Phi) is 3.66. The SMILES string of the molecule is O=C(c1ccc(-c2ccc(F)cn2)cc1)N1CC[C@@H](O)C1. The Labute approximate surface area is 121 Å². The Balaban J connectivity index is 1.77. The molecule has 0 radical (unpaired) electrons. The van der Waals surface area contributed by atoms with Gasteiger partial charge in [-0.1, -0.05) is 12.1 Å². The molecule has 3 rings (SSSR count). The van der Waals surface area contributed by atoms with Gasteiger partial charge < -0.3 is 10.0 Å². The largest absolute Gasteiger partial charge is 0.391 e. The van der Waals surface area contributed by atoms with Crippen LogP contribution < -0.4 is 0 Å². The van der Waals surface area contributed by atoms with Crippen LogP contribution in [0, 0.1) is 5.82 Å². The zero-order valence-corrected chi connectivity index (χ0v) is 11.4. The molecule has 1 aliphatic heterocycles. The van der Waals surface area contributed by atoms with Crippen molar-refractivity contribution in [2.45, 2.75) is 12.5 Å². The Morgan fingerprint density at radius 1 is 1.24 bits per heavy atom. The number of nitrogens with zero attached hydrogens (tertiary/aromatic N) is 2. The molecule has 1 aliphatic rings. The van der Waals surface area contributed by atoms with Crippen LogP contribution in [0.15, 0.2) is 42.6 Å². The van der Waals surface area contributed by atoms with Crippen LogP contribution in [0.4, 0.5) is 4.39 Å². The highest BCUT2D eigenvalue weighted by atomic mass is 19.1. The van der Waals surface area contributed by atoms with Crippen LogP contribution >= 0.6 is 0 Å². The van der Waals surface area contributed by atoms with Gasteiger partial charge in [0.25, 0.3) is 5.91 Å². The van der Waals surface area contributed by atoms with Crippen molar-refractivity contribution in [1.82, 2.24) is 9.88 Å². The van der Waals surface area contributed by atoms with Gasteiger partial charge in [0.2, 0.25) is 0 Å². The quantitative estimate of drug-likeness (QED) is 0.919. The molecule has 2 heterocycles. The molecular weight excluding hydrogens is 271 g/mol. The second kappa shape index (κ2) is 5.61. The molecule has 1 fully saturated rings. The average Bonchev–Trinajstić information content (AvgIpc) is 2.94. The highest BCUT2D eigenvalue weighted by molar-refractivity contribution is 5.94. The van der Waals surface area contributed by atoms with Crippen molar-refractivity contribution >= 4 is 5.91 Å². The number of likely N-dealkylation sites (tertiary alicyclic amines) is 1. The van der Waals surface area contributed by atoms with Gasteiger partial charge >= 0.3 is 0 Å². The van der Waals surface area contributed by atoms with Gasteiger partial charge in [-0.25, -0.2) is 4.39 Å². The summed E-state index contributed by atoms with van der Waals surface area (Å²) in [5, 5.41) is 9.48. The van der Waals surface area contributed by atoms with E-state index in [0.717, 1.165) is 5.56 Å². The first-order valence-electron chi connectivity index (χ1n) is 6.83. The molecule has 21 heavy (non-hydrogen) atoms. The maximum atomic E-state index is 12.8. The fourth-order valence-corrected chi connectivity index (χ4v) is 2.44. The van der Waals surface area contributed by atoms with E-state index in [1.165, 1.54) is 12.3 Å². The Bertz CT molecular complexity index is 640. The lowest BCUT2D eigenvalue weighted by Crippen LogP contribution is -2.29. The highest BCUT2D eigenvalue weighted by Gasteiger charge is 2.25. The second-order valence-corrected chi connectivity index (χ2v) is 5.13. The lowest BCUT2D eigenvalue weighted by molar-refractivity contribution is 0.0765. The predicted molar refractivity (Wildman–Crippen MR) is 76.2 cm³/mol. The third-order valence-corrected chi connectivity index (χ3v) is 3.61. The lowest BCUT2D eigenvalue weighted by Gasteiger charge is -2.15. The topological polar surface area (TPSA) is 53.4 Å². The van der Waals surface area contributed by atoms with E-state index >= 15 is 0 Å². The van der Waals surface area contributed by atoms with Crippen LogP contribution in [0.3, 0.4) is 0 Å². The van der Waals surface area contributed by atoms with Crippen molar-refractivity contribution in [3.8, 4) is 11.3 Å². The number of hydrogen-bond donors (Lipinski definition) is 1. The smallest absolute Gasteiger partial charge is 0.253 e. The molecule has 1 N–H and O–H groups in total. The van der Waals surface area contributed by atoms with Gasteiger partial charge in [-0.15, -0.1) is 0 Å². The lowest BCUT2D eigenvalue weighted by atomic mass is 10.1. The van der Waals surface area contributed by atoms with Gasteiger partial charge in [-0.3, -0.25) is 9.78 Å². The molecule has 108 valence electrons. The summed E-state index contributed by atoms with van der Waals surface area (Å²) in [7, 11) is 0. The molecule has 0 bridgehead atoms. The summed E-state index contributed by atoms with van der Waals surface area (Å²) in [4.78, 5) is 17.9. The summed E-state index contributed by atoms with van der Waals surface area (Å²) in [6.07, 6.45) is 1.38. The van der Waals surface area contributed by atoms with Crippen molar-refractivity contribution in [1.29, 1.82) is 0 Å². The predicted octanol–water partition coefficient (Wildman–Crippen LogP) is 2.09. The number of aliphatic hydroxyl groups is 1. The zero-order chi connectivity index (χ0) is 14.8. The number of benzene rings is 1. The van der Waals surface area contributed by atoms with Crippen LogP contribution in [-0.2, 0) is 0 Å². The van der Waals surface area contributed by atoms with Crippen molar-refractivity contribution in [2.75, 3.05) is 13.1 Å². The van der Waals surface area contributed by atoms with Gasteiger partial charge in [0.05, 0.1) is 18.0 Å². The number of aromatic nitrogens is 1. The van der Waals surface area contributed by atoms with Crippen molar-refractivity contribution in [3.63, 3.8) is 0 Å². The molecule has 0 saturated carbocycles. The van der Waals surface area contributed by atoms with Crippen LogP contribution in [-0.4, -0.2) is 40.1 Å². The van der Waals surface area contributed by atoms with Gasteiger partial charge in [0.15, 0.2) is 0 Å². The van der Waals surface area contributed by atoms with Crippen molar-refractivity contribution in [3.05, 3.63) is 54.0 Å². The summed E-state index contributed by atoms with van der Waals surface area (Å²) in [5.74, 6) is -0.455. The molecule has 1 saturated heterocycles. The number of pyridine rings is 1. The number of carbonyl (C=O) groups excluding carboxylic acids is 1. The summed E-state index contributed by atoms with van der Waals surface area (Å²) >= 11 is 0. The molecule has 1 aromatic heterocycles. The molecule has 0 aliphatic carbocycles. The average molecular weight is 286 g/mol. The summed E-state index contributed by atoms with van der Waals surface area (Å²) in [6.45, 7) is 0.974. The van der Waals surface area contributed by atoms with Gasteiger partial charge in [0.1, 0.15) is 5.82 Å². The Hall–Kier alpha value is -2.27. The minimum Gasteiger partial charge on any atom is -0.391 e. The molecule has 0 unspecified atom stereocenters. The highest BCUT2D eigenvalue weighted by Crippen LogP contribution is 2.19. The molecule has 2 aromatic rings. The van der Waals surface area contributed by atoms with Crippen LogP contribution in [0.1, 0.15) is 16.8 Å². The Morgan fingerprint density at radius 3 is 2.57 bits per heavy atom. The van der Waals surface area contributed by atoms with Gasteiger partial charge in [-0.2, -0.15) is 0 Å². The third kappa shape index (κ3) is 2.92. The van der Waals surface area contributed by atoms with E-state index in [4.69, 9.17) is 0 Å². The molecule has 1 amide bonds. The molecule has 5 heteroatoms. The van der Waals surface area contributed by atoms with E-state index in [9.17, 15) is 14.3 Å². The first-order valence-corrected chi connectivity index (χ1v) is 6.83. The molecule has 4 nitrogen and oxygen atoms in total. The fraction of sp³-hybridized carbons (Fsp3) is 0.250. The zero-order valence-electron chi connectivity index (χ0n) is 11.4. The monoisotopic (exact) mass is 286 g/mol. The van der Waals surface area contributed by atoms with E-state index in [1.807, 2.05) is 0 Å². The third-order valence-electron chi connectivity index (χ3n) is 3.61. The maximum absolute atomic E-state index is 12.8. The summed E-state index contributed by atoms with van der Waals surface area (Å²) < 4.78 is 12.8. The number of rotatable bonds is 2. The number of carbonyl (C=O) groups is 1. The normalized spacial score (nSPS) is 18.0. The number of β-amino-alcohol motifs (C(OH)–C–C–N with tert-alkyl or cyclic N) is 1. The first-order chi connectivity index (χ1) is 10.1. The second-order valence-electron chi connectivity index (χ2n) is 5.13. The number of halogens is 1. The number of aliphatic hydroxyl groups excluding tert-OH is 1. The first kappa shape index (κ1) is 13.7. The minimum atomic E-state index is -0.420. The summed E-state index contributed by atoms with van der Waals surface area (Å²) in [5.41, 5.74) is 2.06. The number of hydrogen-bond acceptors (Lipinski definition) is 3.